The summed E-state index contributed by atoms with van der Waals surface area (Å²) in [4.78, 5) is 0. The van der Waals surface area contributed by atoms with Gasteiger partial charge in [0.2, 0.25) is 0 Å². The lowest BCUT2D eigenvalue weighted by atomic mass is 9.89. The van der Waals surface area contributed by atoms with Crippen LogP contribution in [0, 0.1) is 5.92 Å². The van der Waals surface area contributed by atoms with Crippen molar-refractivity contribution < 1.29 is 19.3 Å². The van der Waals surface area contributed by atoms with Crippen molar-refractivity contribution in [3.8, 4) is 0 Å². The minimum atomic E-state index is -0.458. The van der Waals surface area contributed by atoms with Crippen LogP contribution in [0.3, 0.4) is 0 Å². The number of fused-ring (bicyclic) bond motifs is 1. The van der Waals surface area contributed by atoms with Gasteiger partial charge in [0.05, 0.1) is 32.0 Å². The molecule has 0 aromatic heterocycles. The molecular weight excluding hydrogens is 426 g/mol. The minimum absolute atomic E-state index is 0.0333. The molecule has 3 aromatic rings. The van der Waals surface area contributed by atoms with E-state index >= 15 is 0 Å². The van der Waals surface area contributed by atoms with Gasteiger partial charge in [0.1, 0.15) is 12.2 Å². The summed E-state index contributed by atoms with van der Waals surface area (Å²) in [6, 6.07) is 30.5. The van der Waals surface area contributed by atoms with Crippen LogP contribution in [0.15, 0.2) is 91.0 Å². The van der Waals surface area contributed by atoms with E-state index in [1.807, 2.05) is 54.6 Å². The van der Waals surface area contributed by atoms with Crippen molar-refractivity contribution in [2.45, 2.75) is 56.7 Å². The molecule has 5 heteroatoms. The first-order valence-electron chi connectivity index (χ1n) is 12.2. The van der Waals surface area contributed by atoms with Gasteiger partial charge < -0.3 is 24.6 Å². The van der Waals surface area contributed by atoms with Gasteiger partial charge in [-0.15, -0.1) is 0 Å². The summed E-state index contributed by atoms with van der Waals surface area (Å²) in [7, 11) is 0. The average molecular weight is 460 g/mol. The van der Waals surface area contributed by atoms with Crippen molar-refractivity contribution >= 4 is 0 Å². The average Bonchev–Trinajstić information content (AvgIpc) is 3.20. The highest BCUT2D eigenvalue weighted by atomic mass is 16.6. The third-order valence-electron chi connectivity index (χ3n) is 6.92. The normalized spacial score (nSPS) is 28.5. The van der Waals surface area contributed by atoms with Gasteiger partial charge in [-0.2, -0.15) is 0 Å². The first-order chi connectivity index (χ1) is 16.8. The molecule has 0 spiro atoms. The van der Waals surface area contributed by atoms with E-state index in [0.29, 0.717) is 26.2 Å². The summed E-state index contributed by atoms with van der Waals surface area (Å²) in [6.07, 6.45) is -0.575. The highest BCUT2D eigenvalue weighted by molar-refractivity contribution is 5.17. The maximum Gasteiger partial charge on any atom is 0.112 e. The molecule has 2 N–H and O–H groups in total. The summed E-state index contributed by atoms with van der Waals surface area (Å²) < 4.78 is 19.5. The van der Waals surface area contributed by atoms with E-state index < -0.39 is 6.10 Å². The van der Waals surface area contributed by atoms with Gasteiger partial charge in [-0.1, -0.05) is 91.0 Å². The molecule has 3 aromatic carbocycles. The zero-order valence-corrected chi connectivity index (χ0v) is 19.3. The van der Waals surface area contributed by atoms with Gasteiger partial charge in [-0.3, -0.25) is 0 Å². The Kier molecular flexibility index (Phi) is 7.69. The zero-order chi connectivity index (χ0) is 23.2. The van der Waals surface area contributed by atoms with Crippen molar-refractivity contribution in [1.82, 2.24) is 5.32 Å². The van der Waals surface area contributed by atoms with Crippen molar-refractivity contribution in [3.05, 3.63) is 108 Å². The van der Waals surface area contributed by atoms with Gasteiger partial charge >= 0.3 is 0 Å². The standard InChI is InChI=1S/C29H33NO4/c31-24-16-17-30-26-25(24)27(32-18-21-10-4-1-5-11-21)29(34-20-23-14-8-3-9-15-23)28(26)33-19-22-12-6-2-7-13-22/h1-15,24-31H,16-20H2. The Morgan fingerprint density at radius 2 is 1.06 bits per heavy atom. The second kappa shape index (κ2) is 11.3. The fourth-order valence-corrected chi connectivity index (χ4v) is 5.23. The summed E-state index contributed by atoms with van der Waals surface area (Å²) >= 11 is 0. The monoisotopic (exact) mass is 459 g/mol. The van der Waals surface area contributed by atoms with Crippen LogP contribution in [0.5, 0.6) is 0 Å². The summed E-state index contributed by atoms with van der Waals surface area (Å²) in [5, 5.41) is 14.6. The highest BCUT2D eigenvalue weighted by Gasteiger charge is 2.56. The Hall–Kier alpha value is -2.54. The van der Waals surface area contributed by atoms with Crippen LogP contribution in [0.2, 0.25) is 0 Å². The van der Waals surface area contributed by atoms with Crippen molar-refractivity contribution in [2.24, 2.45) is 5.92 Å². The zero-order valence-electron chi connectivity index (χ0n) is 19.3. The number of aliphatic hydroxyl groups is 1. The Morgan fingerprint density at radius 3 is 1.56 bits per heavy atom. The molecule has 1 aliphatic carbocycles. The van der Waals surface area contributed by atoms with E-state index in [4.69, 9.17) is 14.2 Å². The van der Waals surface area contributed by atoms with E-state index in [1.54, 1.807) is 0 Å². The third-order valence-corrected chi connectivity index (χ3v) is 6.92. The molecule has 1 aliphatic heterocycles. The fraction of sp³-hybridized carbons (Fsp3) is 0.379. The van der Waals surface area contributed by atoms with Crippen molar-refractivity contribution in [3.63, 3.8) is 0 Å². The van der Waals surface area contributed by atoms with Crippen LogP contribution >= 0.6 is 0 Å². The number of aliphatic hydroxyl groups excluding tert-OH is 1. The molecule has 1 saturated heterocycles. The SMILES string of the molecule is OC1CCNC2C(OCc3ccccc3)C(OCc3ccccc3)C(OCc3ccccc3)C12. The topological polar surface area (TPSA) is 60.0 Å². The van der Waals surface area contributed by atoms with Gasteiger partial charge in [0.25, 0.3) is 0 Å². The van der Waals surface area contributed by atoms with Crippen LogP contribution in [0.1, 0.15) is 23.1 Å². The van der Waals surface area contributed by atoms with Gasteiger partial charge in [-0.25, -0.2) is 0 Å². The number of nitrogens with one attached hydrogen (secondary N) is 1. The Morgan fingerprint density at radius 1 is 0.618 bits per heavy atom. The maximum absolute atomic E-state index is 11.0. The summed E-state index contributed by atoms with van der Waals surface area (Å²) in [6.45, 7) is 2.18. The first kappa shape index (κ1) is 23.2. The van der Waals surface area contributed by atoms with Crippen LogP contribution in [-0.2, 0) is 34.0 Å². The van der Waals surface area contributed by atoms with Crippen molar-refractivity contribution in [1.29, 1.82) is 0 Å². The number of ether oxygens (including phenoxy) is 3. The lowest BCUT2D eigenvalue weighted by molar-refractivity contribution is -0.132. The number of hydrogen-bond acceptors (Lipinski definition) is 5. The molecule has 34 heavy (non-hydrogen) atoms. The van der Waals surface area contributed by atoms with E-state index in [2.05, 4.69) is 41.7 Å². The predicted octanol–water partition coefficient (Wildman–Crippen LogP) is 4.10. The summed E-state index contributed by atoms with van der Waals surface area (Å²) in [5.41, 5.74) is 3.33. The molecule has 0 bridgehead atoms. The van der Waals surface area contributed by atoms with E-state index in [1.165, 1.54) is 0 Å². The predicted molar refractivity (Wildman–Crippen MR) is 131 cm³/mol. The largest absolute Gasteiger partial charge is 0.393 e. The lowest BCUT2D eigenvalue weighted by Gasteiger charge is -2.35. The molecule has 0 radical (unpaired) electrons. The van der Waals surface area contributed by atoms with E-state index in [-0.39, 0.29) is 30.3 Å². The molecule has 1 saturated carbocycles. The lowest BCUT2D eigenvalue weighted by Crippen LogP contribution is -2.52. The smallest absolute Gasteiger partial charge is 0.112 e. The quantitative estimate of drug-likeness (QED) is 0.505. The molecule has 178 valence electrons. The third kappa shape index (κ3) is 5.40. The number of rotatable bonds is 9. The van der Waals surface area contributed by atoms with Crippen LogP contribution in [-0.4, -0.2) is 42.1 Å². The molecule has 5 rings (SSSR count). The van der Waals surface area contributed by atoms with Crippen molar-refractivity contribution in [2.75, 3.05) is 6.54 Å². The number of benzene rings is 3. The molecule has 2 fully saturated rings. The van der Waals surface area contributed by atoms with Crippen LogP contribution in [0.25, 0.3) is 0 Å². The van der Waals surface area contributed by atoms with Gasteiger partial charge in [0.15, 0.2) is 0 Å². The van der Waals surface area contributed by atoms with Gasteiger partial charge in [0, 0.05) is 12.0 Å². The van der Waals surface area contributed by atoms with Gasteiger partial charge in [-0.05, 0) is 29.7 Å². The summed E-state index contributed by atoms with van der Waals surface area (Å²) in [5.74, 6) is -0.0981. The molecule has 1 heterocycles. The van der Waals surface area contributed by atoms with Crippen LogP contribution < -0.4 is 5.32 Å². The molecule has 2 aliphatic rings. The Balaban J connectivity index is 1.39. The molecule has 6 unspecified atom stereocenters. The second-order valence-electron chi connectivity index (χ2n) is 9.20. The minimum Gasteiger partial charge on any atom is -0.393 e. The van der Waals surface area contributed by atoms with Crippen LogP contribution in [0.4, 0.5) is 0 Å². The first-order valence-corrected chi connectivity index (χ1v) is 12.2. The van der Waals surface area contributed by atoms with E-state index in [0.717, 1.165) is 23.2 Å². The highest BCUT2D eigenvalue weighted by Crippen LogP contribution is 2.40. The Bertz CT molecular complexity index is 1000. The molecule has 5 nitrogen and oxygen atoms in total. The second-order valence-corrected chi connectivity index (χ2v) is 9.20. The molecule has 6 atom stereocenters. The number of hydrogen-bond donors (Lipinski definition) is 2. The Labute approximate surface area is 201 Å². The fourth-order valence-electron chi connectivity index (χ4n) is 5.23. The maximum atomic E-state index is 11.0. The number of piperidine rings is 1. The molecular formula is C29H33NO4. The van der Waals surface area contributed by atoms with E-state index in [9.17, 15) is 5.11 Å². The molecule has 0 amide bonds.